The maximum atomic E-state index is 11.5. The molecule has 25 heavy (non-hydrogen) atoms. The quantitative estimate of drug-likeness (QED) is 0.827. The number of ether oxygens (including phenoxy) is 1. The van der Waals surface area contributed by atoms with Crippen LogP contribution in [0.25, 0.3) is 0 Å². The molecule has 4 aliphatic carbocycles. The summed E-state index contributed by atoms with van der Waals surface area (Å²) in [6.45, 7) is 1.66. The smallest absolute Gasteiger partial charge is 0.218 e. The first-order chi connectivity index (χ1) is 12.1. The number of hydrogen-bond acceptors (Lipinski definition) is 3. The van der Waals surface area contributed by atoms with Crippen LogP contribution in [0.15, 0.2) is 24.3 Å². The van der Waals surface area contributed by atoms with Gasteiger partial charge in [0.2, 0.25) is 5.91 Å². The Balaban J connectivity index is 1.58. The summed E-state index contributed by atoms with van der Waals surface area (Å²) in [6.07, 6.45) is 8.67. The monoisotopic (exact) mass is 342 g/mol. The van der Waals surface area contributed by atoms with Gasteiger partial charge in [-0.2, -0.15) is 0 Å². The van der Waals surface area contributed by atoms with E-state index in [1.54, 1.807) is 7.11 Å². The number of carbonyl (C=O) groups excluding carboxylic acids is 1. The fourth-order valence-corrected chi connectivity index (χ4v) is 6.17. The summed E-state index contributed by atoms with van der Waals surface area (Å²) in [5, 5.41) is 0. The first-order valence-electron chi connectivity index (χ1n) is 9.72. The van der Waals surface area contributed by atoms with E-state index >= 15 is 0 Å². The number of nitrogens with zero attached hydrogens (tertiary/aromatic N) is 1. The minimum Gasteiger partial charge on any atom is -0.497 e. The van der Waals surface area contributed by atoms with Crippen molar-refractivity contribution in [3.05, 3.63) is 29.8 Å². The second-order valence-corrected chi connectivity index (χ2v) is 8.63. The van der Waals surface area contributed by atoms with Gasteiger partial charge in [-0.05, 0) is 74.0 Å². The number of benzene rings is 1. The number of hydrogen-bond donors (Lipinski definition) is 1. The highest BCUT2D eigenvalue weighted by Gasteiger charge is 2.53. The molecule has 0 spiro atoms. The number of primary amides is 1. The van der Waals surface area contributed by atoms with Crippen molar-refractivity contribution in [1.82, 2.24) is 4.90 Å². The number of rotatable bonds is 7. The van der Waals surface area contributed by atoms with E-state index in [4.69, 9.17) is 10.5 Å². The van der Waals surface area contributed by atoms with Gasteiger partial charge in [0.25, 0.3) is 0 Å². The molecule has 0 heterocycles. The van der Waals surface area contributed by atoms with Crippen LogP contribution in [0, 0.1) is 17.8 Å². The molecule has 0 saturated heterocycles. The first kappa shape index (κ1) is 16.9. The molecule has 4 aliphatic rings. The number of carbonyl (C=O) groups is 1. The van der Waals surface area contributed by atoms with Crippen molar-refractivity contribution >= 4 is 5.91 Å². The highest BCUT2D eigenvalue weighted by Crippen LogP contribution is 2.58. The zero-order valence-electron chi connectivity index (χ0n) is 15.2. The van der Waals surface area contributed by atoms with Crippen LogP contribution >= 0.6 is 0 Å². The van der Waals surface area contributed by atoms with Crippen molar-refractivity contribution in [3.8, 4) is 5.75 Å². The van der Waals surface area contributed by atoms with E-state index in [1.807, 2.05) is 6.07 Å². The van der Waals surface area contributed by atoms with Crippen molar-refractivity contribution in [3.63, 3.8) is 0 Å². The third kappa shape index (κ3) is 3.41. The summed E-state index contributed by atoms with van der Waals surface area (Å²) in [6, 6.07) is 8.33. The lowest BCUT2D eigenvalue weighted by molar-refractivity contribution is -0.121. The third-order valence-corrected chi connectivity index (χ3v) is 6.81. The Kier molecular flexibility index (Phi) is 4.48. The molecule has 136 valence electrons. The SMILES string of the molecule is COc1cccc(CN(CCC(N)=O)C23CC4CC(CC(C4)C2)C3)c1. The van der Waals surface area contributed by atoms with Crippen LogP contribution in [0.1, 0.15) is 50.5 Å². The average molecular weight is 342 g/mol. The number of methoxy groups -OCH3 is 1. The van der Waals surface area contributed by atoms with E-state index in [9.17, 15) is 4.79 Å². The van der Waals surface area contributed by atoms with Gasteiger partial charge in [-0.25, -0.2) is 0 Å². The van der Waals surface area contributed by atoms with Crippen LogP contribution in [0.3, 0.4) is 0 Å². The Labute approximate surface area is 150 Å². The van der Waals surface area contributed by atoms with E-state index in [1.165, 1.54) is 44.1 Å². The average Bonchev–Trinajstić information content (AvgIpc) is 2.57. The van der Waals surface area contributed by atoms with Crippen LogP contribution in [0.2, 0.25) is 0 Å². The van der Waals surface area contributed by atoms with Gasteiger partial charge < -0.3 is 10.5 Å². The summed E-state index contributed by atoms with van der Waals surface area (Å²) in [7, 11) is 1.71. The van der Waals surface area contributed by atoms with Gasteiger partial charge in [-0.15, -0.1) is 0 Å². The molecular formula is C21H30N2O2. The standard InChI is InChI=1S/C21H30N2O2/c1-25-19-4-2-3-15(10-19)14-23(6-5-20(22)24)21-11-16-7-17(12-21)9-18(8-16)13-21/h2-4,10,16-18H,5-9,11-14H2,1H3,(H2,22,24). The zero-order valence-corrected chi connectivity index (χ0v) is 15.2. The Hall–Kier alpha value is -1.55. The minimum atomic E-state index is -0.194. The third-order valence-electron chi connectivity index (χ3n) is 6.81. The molecule has 1 aromatic carbocycles. The zero-order chi connectivity index (χ0) is 17.4. The molecule has 1 amide bonds. The molecule has 4 bridgehead atoms. The Morgan fingerprint density at radius 2 is 1.84 bits per heavy atom. The second kappa shape index (κ2) is 6.64. The maximum Gasteiger partial charge on any atom is 0.218 e. The molecule has 0 unspecified atom stereocenters. The maximum absolute atomic E-state index is 11.5. The Bertz CT molecular complexity index is 607. The lowest BCUT2D eigenvalue weighted by atomic mass is 9.52. The van der Waals surface area contributed by atoms with Crippen molar-refractivity contribution in [2.75, 3.05) is 13.7 Å². The van der Waals surface area contributed by atoms with Crippen LogP contribution in [0.4, 0.5) is 0 Å². The fourth-order valence-electron chi connectivity index (χ4n) is 6.17. The largest absolute Gasteiger partial charge is 0.497 e. The summed E-state index contributed by atoms with van der Waals surface area (Å²) in [4.78, 5) is 14.1. The van der Waals surface area contributed by atoms with Crippen molar-refractivity contribution in [2.24, 2.45) is 23.5 Å². The molecule has 4 nitrogen and oxygen atoms in total. The Morgan fingerprint density at radius 1 is 1.20 bits per heavy atom. The predicted octanol–water partition coefficient (Wildman–Crippen LogP) is 3.34. The van der Waals surface area contributed by atoms with E-state index < -0.39 is 0 Å². The van der Waals surface area contributed by atoms with Gasteiger partial charge in [0.05, 0.1) is 7.11 Å². The van der Waals surface area contributed by atoms with Gasteiger partial charge in [0, 0.05) is 25.0 Å². The van der Waals surface area contributed by atoms with Gasteiger partial charge in [0.1, 0.15) is 5.75 Å². The highest BCUT2D eigenvalue weighted by molar-refractivity contribution is 5.73. The van der Waals surface area contributed by atoms with Crippen molar-refractivity contribution < 1.29 is 9.53 Å². The van der Waals surface area contributed by atoms with Crippen molar-refractivity contribution in [2.45, 2.75) is 57.0 Å². The fraction of sp³-hybridized carbons (Fsp3) is 0.667. The molecule has 0 radical (unpaired) electrons. The molecule has 0 aromatic heterocycles. The molecule has 0 atom stereocenters. The molecule has 4 heteroatoms. The molecular weight excluding hydrogens is 312 g/mol. The molecule has 1 aromatic rings. The van der Waals surface area contributed by atoms with E-state index in [0.29, 0.717) is 6.42 Å². The van der Waals surface area contributed by atoms with Gasteiger partial charge >= 0.3 is 0 Å². The normalized spacial score (nSPS) is 33.0. The lowest BCUT2D eigenvalue weighted by Crippen LogP contribution is -2.60. The predicted molar refractivity (Wildman–Crippen MR) is 98.1 cm³/mol. The molecule has 4 saturated carbocycles. The highest BCUT2D eigenvalue weighted by atomic mass is 16.5. The summed E-state index contributed by atoms with van der Waals surface area (Å²) in [5.41, 5.74) is 7.03. The topological polar surface area (TPSA) is 55.6 Å². The molecule has 4 fully saturated rings. The van der Waals surface area contributed by atoms with E-state index in [0.717, 1.165) is 36.6 Å². The van der Waals surface area contributed by atoms with Gasteiger partial charge in [-0.3, -0.25) is 9.69 Å². The number of nitrogens with two attached hydrogens (primary N) is 1. The van der Waals surface area contributed by atoms with Crippen LogP contribution < -0.4 is 10.5 Å². The minimum absolute atomic E-state index is 0.194. The Morgan fingerprint density at radius 3 is 2.40 bits per heavy atom. The molecule has 5 rings (SSSR count). The van der Waals surface area contributed by atoms with Crippen LogP contribution in [-0.2, 0) is 11.3 Å². The second-order valence-electron chi connectivity index (χ2n) is 8.63. The summed E-state index contributed by atoms with van der Waals surface area (Å²) >= 11 is 0. The van der Waals surface area contributed by atoms with E-state index in [2.05, 4.69) is 23.1 Å². The van der Waals surface area contributed by atoms with Gasteiger partial charge in [-0.1, -0.05) is 12.1 Å². The van der Waals surface area contributed by atoms with E-state index in [-0.39, 0.29) is 11.4 Å². The number of amides is 1. The molecule has 0 aliphatic heterocycles. The van der Waals surface area contributed by atoms with Crippen LogP contribution in [-0.4, -0.2) is 30.0 Å². The summed E-state index contributed by atoms with van der Waals surface area (Å²) in [5.74, 6) is 3.39. The van der Waals surface area contributed by atoms with Crippen molar-refractivity contribution in [1.29, 1.82) is 0 Å². The lowest BCUT2D eigenvalue weighted by Gasteiger charge is -2.60. The first-order valence-corrected chi connectivity index (χ1v) is 9.72. The van der Waals surface area contributed by atoms with Gasteiger partial charge in [0.15, 0.2) is 0 Å². The van der Waals surface area contributed by atoms with Crippen LogP contribution in [0.5, 0.6) is 5.75 Å². The summed E-state index contributed by atoms with van der Waals surface area (Å²) < 4.78 is 5.39. The molecule has 2 N–H and O–H groups in total.